The van der Waals surface area contributed by atoms with Gasteiger partial charge in [0.1, 0.15) is 11.3 Å². The first-order valence-corrected chi connectivity index (χ1v) is 5.96. The summed E-state index contributed by atoms with van der Waals surface area (Å²) in [5.41, 5.74) is -2.06. The van der Waals surface area contributed by atoms with Crippen molar-refractivity contribution in [2.45, 2.75) is 44.9 Å². The summed E-state index contributed by atoms with van der Waals surface area (Å²) < 4.78 is 19.3. The van der Waals surface area contributed by atoms with E-state index in [1.54, 1.807) is 20.8 Å². The van der Waals surface area contributed by atoms with Gasteiger partial charge in [0.05, 0.1) is 6.54 Å². The average molecular weight is 258 g/mol. The Morgan fingerprint density at radius 1 is 1.44 bits per heavy atom. The van der Waals surface area contributed by atoms with Crippen LogP contribution in [0.5, 0.6) is 0 Å². The van der Waals surface area contributed by atoms with Gasteiger partial charge in [0, 0.05) is 25.9 Å². The largest absolute Gasteiger partial charge is 0.444 e. The van der Waals surface area contributed by atoms with Gasteiger partial charge in [-0.25, -0.2) is 19.0 Å². The first kappa shape index (κ1) is 14.6. The summed E-state index contributed by atoms with van der Waals surface area (Å²) in [6, 6.07) is 0. The Bertz CT molecular complexity index is 351. The molecule has 0 spiro atoms. The Morgan fingerprint density at radius 2 is 2.00 bits per heavy atom. The van der Waals surface area contributed by atoms with Crippen molar-refractivity contribution in [2.75, 3.05) is 19.6 Å². The van der Waals surface area contributed by atoms with E-state index in [1.165, 1.54) is 11.0 Å². The fourth-order valence-electron chi connectivity index (χ4n) is 1.75. The Morgan fingerprint density at radius 3 is 2.44 bits per heavy atom. The third-order valence-corrected chi connectivity index (χ3v) is 2.74. The van der Waals surface area contributed by atoms with Crippen LogP contribution in [0, 0.1) is 0 Å². The molecule has 0 radical (unpaired) electrons. The number of ether oxygens (including phenoxy) is 1. The summed E-state index contributed by atoms with van der Waals surface area (Å²) in [5, 5.41) is 0. The highest BCUT2D eigenvalue weighted by atomic mass is 19.1. The van der Waals surface area contributed by atoms with Gasteiger partial charge in [-0.3, -0.25) is 0 Å². The highest BCUT2D eigenvalue weighted by Crippen LogP contribution is 2.27. The number of aliphatic imine (C=N–C) groups is 1. The molecular weight excluding hydrogens is 239 g/mol. The second kappa shape index (κ2) is 5.48. The van der Waals surface area contributed by atoms with Crippen LogP contribution in [0.2, 0.25) is 0 Å². The van der Waals surface area contributed by atoms with Gasteiger partial charge in [-0.2, -0.15) is 0 Å². The van der Waals surface area contributed by atoms with Gasteiger partial charge in [0.25, 0.3) is 0 Å². The van der Waals surface area contributed by atoms with E-state index in [9.17, 15) is 14.0 Å². The van der Waals surface area contributed by atoms with Crippen LogP contribution in [0.4, 0.5) is 9.18 Å². The number of alkyl halides is 1. The summed E-state index contributed by atoms with van der Waals surface area (Å²) >= 11 is 0. The van der Waals surface area contributed by atoms with Gasteiger partial charge in [-0.15, -0.1) is 0 Å². The number of nitrogens with zero attached hydrogens (tertiary/aromatic N) is 2. The van der Waals surface area contributed by atoms with Crippen molar-refractivity contribution in [3.8, 4) is 0 Å². The number of amides is 1. The van der Waals surface area contributed by atoms with Crippen LogP contribution >= 0.6 is 0 Å². The maximum absolute atomic E-state index is 14.1. The number of carbonyl (C=O) groups is 1. The average Bonchev–Trinajstić information content (AvgIpc) is 2.25. The highest BCUT2D eigenvalue weighted by molar-refractivity contribution is 5.68. The predicted molar refractivity (Wildman–Crippen MR) is 63.9 cm³/mol. The van der Waals surface area contributed by atoms with E-state index in [4.69, 9.17) is 4.74 Å². The Balaban J connectivity index is 2.48. The molecule has 0 aliphatic carbocycles. The minimum Gasteiger partial charge on any atom is -0.444 e. The SMILES string of the molecule is CC(C)(C)OC(=O)N1CCC(F)(CN=C=O)CC1. The fourth-order valence-corrected chi connectivity index (χ4v) is 1.75. The summed E-state index contributed by atoms with van der Waals surface area (Å²) in [5.74, 6) is 0. The molecule has 1 saturated heterocycles. The first-order valence-electron chi connectivity index (χ1n) is 5.96. The molecule has 1 fully saturated rings. The number of hydrogen-bond donors (Lipinski definition) is 0. The lowest BCUT2D eigenvalue weighted by atomic mass is 9.94. The van der Waals surface area contributed by atoms with Crippen LogP contribution in [-0.4, -0.2) is 48.0 Å². The van der Waals surface area contributed by atoms with Gasteiger partial charge < -0.3 is 9.64 Å². The lowest BCUT2D eigenvalue weighted by Gasteiger charge is -2.36. The summed E-state index contributed by atoms with van der Waals surface area (Å²) in [6.45, 7) is 5.73. The maximum Gasteiger partial charge on any atom is 0.410 e. The summed E-state index contributed by atoms with van der Waals surface area (Å²) in [4.78, 5) is 26.5. The zero-order valence-electron chi connectivity index (χ0n) is 11.0. The normalized spacial score (nSPS) is 19.0. The number of rotatable bonds is 2. The summed E-state index contributed by atoms with van der Waals surface area (Å²) in [6.07, 6.45) is 1.24. The van der Waals surface area contributed by atoms with Crippen molar-refractivity contribution in [1.82, 2.24) is 4.90 Å². The zero-order valence-corrected chi connectivity index (χ0v) is 11.0. The molecule has 5 nitrogen and oxygen atoms in total. The lowest BCUT2D eigenvalue weighted by Crippen LogP contribution is -2.47. The molecule has 0 aromatic carbocycles. The van der Waals surface area contributed by atoms with Crippen LogP contribution in [0.25, 0.3) is 0 Å². The van der Waals surface area contributed by atoms with Gasteiger partial charge >= 0.3 is 6.09 Å². The molecule has 1 amide bonds. The molecule has 0 saturated carbocycles. The van der Waals surface area contributed by atoms with Crippen molar-refractivity contribution in [2.24, 2.45) is 4.99 Å². The number of likely N-dealkylation sites (tertiary alicyclic amines) is 1. The van der Waals surface area contributed by atoms with Crippen LogP contribution < -0.4 is 0 Å². The first-order chi connectivity index (χ1) is 8.26. The maximum atomic E-state index is 14.1. The van der Waals surface area contributed by atoms with Crippen molar-refractivity contribution < 1.29 is 18.7 Å². The van der Waals surface area contributed by atoms with Gasteiger partial charge in [-0.05, 0) is 20.8 Å². The molecule has 1 aliphatic heterocycles. The highest BCUT2D eigenvalue weighted by Gasteiger charge is 2.37. The van der Waals surface area contributed by atoms with E-state index in [2.05, 4.69) is 4.99 Å². The van der Waals surface area contributed by atoms with Crippen LogP contribution in [0.1, 0.15) is 33.6 Å². The zero-order chi connectivity index (χ0) is 13.8. The fraction of sp³-hybridized carbons (Fsp3) is 0.833. The monoisotopic (exact) mass is 258 g/mol. The van der Waals surface area contributed by atoms with E-state index < -0.39 is 17.4 Å². The second-order valence-electron chi connectivity index (χ2n) is 5.53. The van der Waals surface area contributed by atoms with E-state index in [0.717, 1.165) is 0 Å². The molecule has 0 aromatic rings. The third-order valence-electron chi connectivity index (χ3n) is 2.74. The number of piperidine rings is 1. The van der Waals surface area contributed by atoms with Crippen LogP contribution in [0.3, 0.4) is 0 Å². The molecule has 1 heterocycles. The number of carbonyl (C=O) groups excluding carboxylic acids is 2. The van der Waals surface area contributed by atoms with Crippen LogP contribution in [-0.2, 0) is 9.53 Å². The molecule has 6 heteroatoms. The molecule has 0 N–H and O–H groups in total. The Labute approximate surface area is 106 Å². The summed E-state index contributed by atoms with van der Waals surface area (Å²) in [7, 11) is 0. The molecule has 0 atom stereocenters. The molecule has 1 rings (SSSR count). The van der Waals surface area contributed by atoms with E-state index in [-0.39, 0.29) is 32.5 Å². The lowest BCUT2D eigenvalue weighted by molar-refractivity contribution is 0.00511. The van der Waals surface area contributed by atoms with E-state index >= 15 is 0 Å². The van der Waals surface area contributed by atoms with Crippen molar-refractivity contribution in [3.05, 3.63) is 0 Å². The van der Waals surface area contributed by atoms with Gasteiger partial charge in [0.15, 0.2) is 0 Å². The number of hydrogen-bond acceptors (Lipinski definition) is 4. The molecule has 1 aliphatic rings. The molecule has 18 heavy (non-hydrogen) atoms. The Hall–Kier alpha value is -1.42. The van der Waals surface area contributed by atoms with E-state index in [1.807, 2.05) is 0 Å². The minimum absolute atomic E-state index is 0.164. The minimum atomic E-state index is -1.50. The standard InChI is InChI=1S/C12H19FN2O3/c1-11(2,3)18-10(17)15-6-4-12(13,5-7-15)8-14-9-16/h4-8H2,1-3H3. The molecule has 0 bridgehead atoms. The van der Waals surface area contributed by atoms with E-state index in [0.29, 0.717) is 0 Å². The topological polar surface area (TPSA) is 59.0 Å². The molecule has 0 unspecified atom stereocenters. The second-order valence-corrected chi connectivity index (χ2v) is 5.53. The quantitative estimate of drug-likeness (QED) is 0.562. The predicted octanol–water partition coefficient (Wildman–Crippen LogP) is 2.06. The number of isocyanates is 1. The smallest absolute Gasteiger partial charge is 0.410 e. The number of halogens is 1. The molecular formula is C12H19FN2O3. The van der Waals surface area contributed by atoms with Crippen LogP contribution in [0.15, 0.2) is 4.99 Å². The van der Waals surface area contributed by atoms with Gasteiger partial charge in [-0.1, -0.05) is 0 Å². The van der Waals surface area contributed by atoms with Crippen molar-refractivity contribution in [1.29, 1.82) is 0 Å². The van der Waals surface area contributed by atoms with Crippen molar-refractivity contribution >= 4 is 12.2 Å². The van der Waals surface area contributed by atoms with Crippen molar-refractivity contribution in [3.63, 3.8) is 0 Å². The third kappa shape index (κ3) is 4.45. The molecule has 102 valence electrons. The Kier molecular flexibility index (Phi) is 4.46. The van der Waals surface area contributed by atoms with Gasteiger partial charge in [0.2, 0.25) is 6.08 Å². The molecule has 0 aromatic heterocycles.